The first kappa shape index (κ1) is 69.9. The number of hydrogen-bond donors (Lipinski definition) is 2. The van der Waals surface area contributed by atoms with E-state index in [1.165, 1.54) is 193 Å². The second-order valence-electron chi connectivity index (χ2n) is 21.7. The quantitative estimate of drug-likeness (QED) is 0.0272. The summed E-state index contributed by atoms with van der Waals surface area (Å²) in [6.07, 6.45) is 74.2. The van der Waals surface area contributed by atoms with Gasteiger partial charge in [0.15, 0.2) is 0 Å². The molecular formula is C63H117N2O6P. The highest BCUT2D eigenvalue weighted by molar-refractivity contribution is 7.45. The normalized spacial score (nSPS) is 14.4. The molecule has 3 atom stereocenters. The first-order valence-corrected chi connectivity index (χ1v) is 31.8. The number of phosphoric acid groups is 1. The molecule has 8 nitrogen and oxygen atoms in total. The summed E-state index contributed by atoms with van der Waals surface area (Å²) in [7, 11) is 1.23. The predicted octanol–water partition coefficient (Wildman–Crippen LogP) is 18.0. The highest BCUT2D eigenvalue weighted by atomic mass is 31.2. The van der Waals surface area contributed by atoms with Crippen molar-refractivity contribution in [1.29, 1.82) is 0 Å². The number of unbranched alkanes of at least 4 members (excludes halogenated alkanes) is 32. The van der Waals surface area contributed by atoms with Crippen LogP contribution in [0.25, 0.3) is 0 Å². The van der Waals surface area contributed by atoms with E-state index in [9.17, 15) is 19.4 Å². The first-order valence-electron chi connectivity index (χ1n) is 30.3. The molecule has 0 aliphatic heterocycles. The first-order chi connectivity index (χ1) is 35.0. The zero-order valence-electron chi connectivity index (χ0n) is 47.9. The Morgan fingerprint density at radius 2 is 0.819 bits per heavy atom. The number of phosphoric ester groups is 1. The summed E-state index contributed by atoms with van der Waals surface area (Å²) in [6, 6.07) is -0.914. The monoisotopic (exact) mass is 1030 g/mol. The maximum absolute atomic E-state index is 13.0. The van der Waals surface area contributed by atoms with Crippen LogP contribution in [0.4, 0.5) is 0 Å². The van der Waals surface area contributed by atoms with Gasteiger partial charge in [0.2, 0.25) is 5.91 Å². The van der Waals surface area contributed by atoms with Crippen LogP contribution in [0, 0.1) is 0 Å². The van der Waals surface area contributed by atoms with Crippen LogP contribution in [0.1, 0.15) is 271 Å². The van der Waals surface area contributed by atoms with Crippen LogP contribution in [0.5, 0.6) is 0 Å². The molecule has 2 N–H and O–H groups in total. The molecule has 0 aliphatic rings. The maximum atomic E-state index is 13.0. The molecule has 0 heterocycles. The summed E-state index contributed by atoms with van der Waals surface area (Å²) in [5.74, 6) is -0.212. The third kappa shape index (κ3) is 55.7. The minimum atomic E-state index is -4.61. The summed E-state index contributed by atoms with van der Waals surface area (Å²) in [5, 5.41) is 13.9. The van der Waals surface area contributed by atoms with E-state index in [2.05, 4.69) is 79.9 Å². The van der Waals surface area contributed by atoms with Gasteiger partial charge in [0.05, 0.1) is 39.9 Å². The smallest absolute Gasteiger partial charge is 0.268 e. The fraction of sp³-hybridized carbons (Fsp3) is 0.794. The summed E-state index contributed by atoms with van der Waals surface area (Å²) >= 11 is 0. The number of likely N-dealkylation sites (N-methyl/N-ethyl adjacent to an activating group) is 1. The SMILES string of the molecule is CCCCCCC/C=C\C/C=C\C/C=C\CCCCCCCCCCCCCCCCC(=O)NC(COP(=O)([O-])OCC[N+](C)(C)C)C(O)/C=C/CC/C=C/CC/C=C/CCCCCCCCCCCCC. The van der Waals surface area contributed by atoms with Crippen LogP contribution in [0.15, 0.2) is 72.9 Å². The number of carbonyl (C=O) groups is 1. The zero-order valence-corrected chi connectivity index (χ0v) is 48.8. The Kier molecular flexibility index (Phi) is 52.2. The lowest BCUT2D eigenvalue weighted by atomic mass is 10.0. The molecule has 0 spiro atoms. The predicted molar refractivity (Wildman–Crippen MR) is 311 cm³/mol. The van der Waals surface area contributed by atoms with Gasteiger partial charge in [-0.3, -0.25) is 9.36 Å². The number of nitrogens with zero attached hydrogens (tertiary/aromatic N) is 1. The summed E-state index contributed by atoms with van der Waals surface area (Å²) in [6.45, 7) is 4.62. The number of allylic oxidation sites excluding steroid dienone is 11. The Labute approximate surface area is 446 Å². The number of rotatable bonds is 55. The molecular weight excluding hydrogens is 912 g/mol. The number of aliphatic hydroxyl groups is 1. The van der Waals surface area contributed by atoms with Gasteiger partial charge in [0.25, 0.3) is 7.82 Å². The van der Waals surface area contributed by atoms with Crippen molar-refractivity contribution in [3.8, 4) is 0 Å². The molecule has 0 aliphatic carbocycles. The minimum absolute atomic E-state index is 0.0110. The summed E-state index contributed by atoms with van der Waals surface area (Å²) in [4.78, 5) is 25.5. The molecule has 72 heavy (non-hydrogen) atoms. The largest absolute Gasteiger partial charge is 0.756 e. The lowest BCUT2D eigenvalue weighted by Gasteiger charge is -2.29. The summed E-state index contributed by atoms with van der Waals surface area (Å²) < 4.78 is 23.3. The molecule has 0 fully saturated rings. The van der Waals surface area contributed by atoms with Crippen molar-refractivity contribution in [2.75, 3.05) is 40.9 Å². The van der Waals surface area contributed by atoms with Gasteiger partial charge in [-0.1, -0.05) is 254 Å². The van der Waals surface area contributed by atoms with E-state index in [4.69, 9.17) is 9.05 Å². The van der Waals surface area contributed by atoms with Crippen LogP contribution in [0.2, 0.25) is 0 Å². The van der Waals surface area contributed by atoms with Gasteiger partial charge in [-0.05, 0) is 83.5 Å². The molecule has 0 aromatic carbocycles. The van der Waals surface area contributed by atoms with E-state index in [1.54, 1.807) is 6.08 Å². The molecule has 420 valence electrons. The zero-order chi connectivity index (χ0) is 52.7. The fourth-order valence-corrected chi connectivity index (χ4v) is 9.33. The molecule has 0 rings (SSSR count). The van der Waals surface area contributed by atoms with Gasteiger partial charge < -0.3 is 28.8 Å². The topological polar surface area (TPSA) is 108 Å². The van der Waals surface area contributed by atoms with Gasteiger partial charge in [0, 0.05) is 6.42 Å². The third-order valence-corrected chi connectivity index (χ3v) is 14.3. The highest BCUT2D eigenvalue weighted by Gasteiger charge is 2.23. The van der Waals surface area contributed by atoms with Gasteiger partial charge >= 0.3 is 0 Å². The molecule has 0 aromatic rings. The average Bonchev–Trinajstić information content (AvgIpc) is 3.34. The van der Waals surface area contributed by atoms with E-state index < -0.39 is 26.6 Å². The molecule has 1 amide bonds. The number of carbonyl (C=O) groups excluding carboxylic acids is 1. The molecule has 3 unspecified atom stereocenters. The average molecular weight is 1030 g/mol. The Morgan fingerprint density at radius 1 is 0.486 bits per heavy atom. The van der Waals surface area contributed by atoms with Crippen LogP contribution in [-0.4, -0.2) is 68.5 Å². The standard InChI is InChI=1S/C63H117N2O6P/c1-6-8-10-12-14-16-18-20-22-24-26-28-29-30-31-32-33-34-35-37-39-41-43-45-47-49-51-53-55-57-63(67)64-61(60-71-72(68,69)70-59-58-65(3,4)5)62(66)56-54-52-50-48-46-44-42-40-38-36-27-25-23-21-19-17-15-13-11-9-7-2/h18,20,24,26,29-30,38,40,46,48,54,56,61-62,66H,6-17,19,21-23,25,27-28,31-37,39,41-45,47,49-53,55,57-60H2,1-5H3,(H-,64,67,68,69)/b20-18-,26-24-,30-29-,40-38+,48-46+,56-54+. The van der Waals surface area contributed by atoms with Gasteiger partial charge in [-0.2, -0.15) is 0 Å². The number of amides is 1. The van der Waals surface area contributed by atoms with E-state index >= 15 is 0 Å². The van der Waals surface area contributed by atoms with Crippen LogP contribution in [0.3, 0.4) is 0 Å². The van der Waals surface area contributed by atoms with E-state index in [0.717, 1.165) is 57.8 Å². The third-order valence-electron chi connectivity index (χ3n) is 13.4. The second-order valence-corrected chi connectivity index (χ2v) is 23.1. The lowest BCUT2D eigenvalue weighted by molar-refractivity contribution is -0.870. The Bertz CT molecular complexity index is 1400. The van der Waals surface area contributed by atoms with Gasteiger partial charge in [-0.15, -0.1) is 0 Å². The number of aliphatic hydroxyl groups excluding tert-OH is 1. The molecule has 0 bridgehead atoms. The van der Waals surface area contributed by atoms with Crippen molar-refractivity contribution in [3.05, 3.63) is 72.9 Å². The van der Waals surface area contributed by atoms with Crippen molar-refractivity contribution >= 4 is 13.7 Å². The molecule has 9 heteroatoms. The number of hydrogen-bond acceptors (Lipinski definition) is 6. The van der Waals surface area contributed by atoms with Crippen molar-refractivity contribution in [3.63, 3.8) is 0 Å². The van der Waals surface area contributed by atoms with E-state index in [0.29, 0.717) is 17.4 Å². The number of quaternary nitrogens is 1. The summed E-state index contributed by atoms with van der Waals surface area (Å²) in [5.41, 5.74) is 0. The van der Waals surface area contributed by atoms with Crippen LogP contribution < -0.4 is 10.2 Å². The Balaban J connectivity index is 4.22. The lowest BCUT2D eigenvalue weighted by Crippen LogP contribution is -2.45. The van der Waals surface area contributed by atoms with Crippen LogP contribution >= 0.6 is 7.82 Å². The Hall–Kier alpha value is -2.06. The van der Waals surface area contributed by atoms with E-state index in [-0.39, 0.29) is 12.5 Å². The molecule has 0 saturated heterocycles. The van der Waals surface area contributed by atoms with E-state index in [1.807, 2.05) is 27.2 Å². The van der Waals surface area contributed by atoms with Crippen molar-refractivity contribution < 1.29 is 32.9 Å². The second kappa shape index (κ2) is 53.8. The van der Waals surface area contributed by atoms with Crippen molar-refractivity contribution in [1.82, 2.24) is 5.32 Å². The van der Waals surface area contributed by atoms with Gasteiger partial charge in [0.1, 0.15) is 13.2 Å². The van der Waals surface area contributed by atoms with Crippen LogP contribution in [-0.2, 0) is 18.4 Å². The Morgan fingerprint density at radius 3 is 1.22 bits per heavy atom. The number of nitrogens with one attached hydrogen (secondary N) is 1. The van der Waals surface area contributed by atoms with Gasteiger partial charge in [-0.25, -0.2) is 0 Å². The van der Waals surface area contributed by atoms with Crippen molar-refractivity contribution in [2.24, 2.45) is 0 Å². The molecule has 0 aromatic heterocycles. The molecule has 0 radical (unpaired) electrons. The molecule has 0 saturated carbocycles. The van der Waals surface area contributed by atoms with Crippen molar-refractivity contribution in [2.45, 2.75) is 283 Å². The highest BCUT2D eigenvalue weighted by Crippen LogP contribution is 2.38. The maximum Gasteiger partial charge on any atom is 0.268 e. The minimum Gasteiger partial charge on any atom is -0.756 e. The fourth-order valence-electron chi connectivity index (χ4n) is 8.60.